The smallest absolute Gasteiger partial charge is 0.138 e. The average molecular weight is 404 g/mol. The minimum Gasteiger partial charge on any atom is -0.309 e. The van der Waals surface area contributed by atoms with Gasteiger partial charge in [-0.25, -0.2) is 0 Å². The van der Waals surface area contributed by atoms with Crippen LogP contribution in [0.3, 0.4) is 0 Å². The summed E-state index contributed by atoms with van der Waals surface area (Å²) in [5.74, 6) is 1.44. The molecule has 0 fully saturated rings. The highest BCUT2D eigenvalue weighted by Gasteiger charge is 2.24. The highest BCUT2D eigenvalue weighted by molar-refractivity contribution is 7.99. The number of thioether (sulfide) groups is 1. The predicted octanol–water partition coefficient (Wildman–Crippen LogP) is 6.50. The quantitative estimate of drug-likeness (QED) is 0.371. The normalized spacial score (nSPS) is 13.9. The van der Waals surface area contributed by atoms with Crippen molar-refractivity contribution in [3.05, 3.63) is 33.8 Å². The summed E-state index contributed by atoms with van der Waals surface area (Å²) in [6.07, 6.45) is 5.04. The maximum Gasteiger partial charge on any atom is 0.138 e. The fraction of sp³-hybridized carbons (Fsp3) is 0.650. The molecule has 0 saturated heterocycles. The molecule has 2 nitrogen and oxygen atoms in total. The number of Topliss-reactive ketones (excluding diaryl/α,β-unsaturated/α-hetero) is 1. The van der Waals surface area contributed by atoms with Crippen LogP contribution in [0.4, 0.5) is 0 Å². The van der Waals surface area contributed by atoms with Crippen molar-refractivity contribution in [1.82, 2.24) is 4.90 Å². The molecule has 0 heterocycles. The van der Waals surface area contributed by atoms with Crippen LogP contribution < -0.4 is 0 Å². The van der Waals surface area contributed by atoms with Gasteiger partial charge in [0.25, 0.3) is 0 Å². The van der Waals surface area contributed by atoms with E-state index in [0.717, 1.165) is 30.7 Å². The van der Waals surface area contributed by atoms with E-state index in [2.05, 4.69) is 18.7 Å². The van der Waals surface area contributed by atoms with Crippen LogP contribution in [-0.2, 0) is 4.79 Å². The van der Waals surface area contributed by atoms with E-state index in [1.165, 1.54) is 12.8 Å². The second-order valence-electron chi connectivity index (χ2n) is 6.74. The van der Waals surface area contributed by atoms with E-state index in [4.69, 9.17) is 23.2 Å². The van der Waals surface area contributed by atoms with E-state index >= 15 is 0 Å². The molecule has 0 bridgehead atoms. The van der Waals surface area contributed by atoms with E-state index in [0.29, 0.717) is 22.2 Å². The molecular formula is C20H31Cl2NOS. The Morgan fingerprint density at radius 2 is 1.88 bits per heavy atom. The lowest BCUT2D eigenvalue weighted by molar-refractivity contribution is -0.123. The molecule has 1 aromatic rings. The summed E-state index contributed by atoms with van der Waals surface area (Å²) in [6.45, 7) is 5.15. The summed E-state index contributed by atoms with van der Waals surface area (Å²) in [6, 6.07) is 5.72. The zero-order valence-corrected chi connectivity index (χ0v) is 18.2. The molecule has 0 N–H and O–H groups in total. The molecule has 0 saturated carbocycles. The molecular weight excluding hydrogens is 373 g/mol. The van der Waals surface area contributed by atoms with Gasteiger partial charge in [-0.2, -0.15) is 11.8 Å². The first-order valence-electron chi connectivity index (χ1n) is 9.13. The number of halogens is 2. The number of hydrogen-bond donors (Lipinski definition) is 0. The summed E-state index contributed by atoms with van der Waals surface area (Å²) in [5.41, 5.74) is 1.09. The molecule has 0 spiro atoms. The highest BCUT2D eigenvalue weighted by atomic mass is 35.5. The topological polar surface area (TPSA) is 20.3 Å². The number of ketones is 1. The van der Waals surface area contributed by atoms with E-state index in [1.54, 1.807) is 11.8 Å². The van der Waals surface area contributed by atoms with Gasteiger partial charge in [-0.05, 0) is 44.0 Å². The van der Waals surface area contributed by atoms with Crippen molar-refractivity contribution in [3.8, 4) is 0 Å². The largest absolute Gasteiger partial charge is 0.309 e. The molecule has 25 heavy (non-hydrogen) atoms. The van der Waals surface area contributed by atoms with Gasteiger partial charge in [-0.3, -0.25) is 4.79 Å². The lowest BCUT2D eigenvalue weighted by Gasteiger charge is -2.23. The third kappa shape index (κ3) is 8.34. The Hall–Kier alpha value is -0.220. The van der Waals surface area contributed by atoms with E-state index in [1.807, 2.05) is 32.3 Å². The highest BCUT2D eigenvalue weighted by Crippen LogP contribution is 2.36. The maximum atomic E-state index is 13.0. The first-order valence-corrected chi connectivity index (χ1v) is 10.9. The van der Waals surface area contributed by atoms with Crippen LogP contribution in [0.25, 0.3) is 0 Å². The average Bonchev–Trinajstić information content (AvgIpc) is 2.56. The minimum atomic E-state index is 0.115. The summed E-state index contributed by atoms with van der Waals surface area (Å²) in [7, 11) is 4.08. The number of carbonyl (C=O) groups is 1. The Labute approximate surface area is 167 Å². The first-order chi connectivity index (χ1) is 11.9. The summed E-state index contributed by atoms with van der Waals surface area (Å²) in [4.78, 5) is 15.1. The fourth-order valence-corrected chi connectivity index (χ4v) is 4.30. The van der Waals surface area contributed by atoms with Gasteiger partial charge in [0.05, 0.1) is 10.0 Å². The fourth-order valence-electron chi connectivity index (χ4n) is 2.97. The van der Waals surface area contributed by atoms with Crippen molar-refractivity contribution < 1.29 is 4.79 Å². The zero-order chi connectivity index (χ0) is 18.8. The first kappa shape index (κ1) is 22.8. The summed E-state index contributed by atoms with van der Waals surface area (Å²) < 4.78 is 0. The summed E-state index contributed by atoms with van der Waals surface area (Å²) in [5, 5.41) is 1.26. The molecule has 2 atom stereocenters. The van der Waals surface area contributed by atoms with Crippen molar-refractivity contribution in [1.29, 1.82) is 0 Å². The van der Waals surface area contributed by atoms with Gasteiger partial charge in [0.1, 0.15) is 5.78 Å². The van der Waals surface area contributed by atoms with Gasteiger partial charge in [-0.15, -0.1) is 0 Å². The Morgan fingerprint density at radius 1 is 1.16 bits per heavy atom. The van der Waals surface area contributed by atoms with Gasteiger partial charge in [0, 0.05) is 24.1 Å². The zero-order valence-electron chi connectivity index (χ0n) is 15.9. The number of rotatable bonds is 12. The number of unbranched alkanes of at least 4 members (excludes halogenated alkanes) is 2. The molecule has 0 aliphatic heterocycles. The monoisotopic (exact) mass is 403 g/mol. The third-order valence-electron chi connectivity index (χ3n) is 4.27. The SMILES string of the molecule is CCCCC[C@@H](CN(C)C)C(=O)C[C@@H](SCC)c1ccc(Cl)c(Cl)c1. The maximum absolute atomic E-state index is 13.0. The number of benzene rings is 1. The van der Waals surface area contributed by atoms with E-state index in [9.17, 15) is 4.79 Å². The Bertz CT molecular complexity index is 536. The summed E-state index contributed by atoms with van der Waals surface area (Å²) >= 11 is 14.0. The van der Waals surface area contributed by atoms with Gasteiger partial charge in [0.2, 0.25) is 0 Å². The van der Waals surface area contributed by atoms with Gasteiger partial charge >= 0.3 is 0 Å². The Kier molecular flexibility index (Phi) is 11.2. The van der Waals surface area contributed by atoms with Crippen molar-refractivity contribution in [2.75, 3.05) is 26.4 Å². The molecule has 0 unspecified atom stereocenters. The third-order valence-corrected chi connectivity index (χ3v) is 6.18. The van der Waals surface area contributed by atoms with E-state index in [-0.39, 0.29) is 11.2 Å². The van der Waals surface area contributed by atoms with Crippen LogP contribution in [0, 0.1) is 5.92 Å². The van der Waals surface area contributed by atoms with Crippen LogP contribution in [0.2, 0.25) is 10.0 Å². The molecule has 5 heteroatoms. The van der Waals surface area contributed by atoms with Crippen LogP contribution in [0.5, 0.6) is 0 Å². The Balaban J connectivity index is 2.84. The molecule has 0 aromatic heterocycles. The molecule has 0 aliphatic rings. The van der Waals surface area contributed by atoms with Crippen LogP contribution in [0.1, 0.15) is 56.8 Å². The second-order valence-corrected chi connectivity index (χ2v) is 9.04. The van der Waals surface area contributed by atoms with Crippen LogP contribution in [0.15, 0.2) is 18.2 Å². The molecule has 142 valence electrons. The lowest BCUT2D eigenvalue weighted by atomic mass is 9.92. The lowest BCUT2D eigenvalue weighted by Crippen LogP contribution is -2.28. The number of nitrogens with zero attached hydrogens (tertiary/aromatic N) is 1. The minimum absolute atomic E-state index is 0.115. The van der Waals surface area contributed by atoms with Crippen molar-refractivity contribution in [2.24, 2.45) is 5.92 Å². The molecule has 0 aliphatic carbocycles. The van der Waals surface area contributed by atoms with Gasteiger partial charge < -0.3 is 4.90 Å². The van der Waals surface area contributed by atoms with E-state index < -0.39 is 0 Å². The van der Waals surface area contributed by atoms with Crippen molar-refractivity contribution >= 4 is 40.7 Å². The molecule has 1 rings (SSSR count). The second kappa shape index (κ2) is 12.2. The predicted molar refractivity (Wildman–Crippen MR) is 113 cm³/mol. The van der Waals surface area contributed by atoms with Crippen LogP contribution >= 0.6 is 35.0 Å². The Morgan fingerprint density at radius 3 is 2.44 bits per heavy atom. The molecule has 0 radical (unpaired) electrons. The number of hydrogen-bond acceptors (Lipinski definition) is 3. The molecule has 0 amide bonds. The van der Waals surface area contributed by atoms with Gasteiger partial charge in [-0.1, -0.05) is 62.4 Å². The van der Waals surface area contributed by atoms with Gasteiger partial charge in [0.15, 0.2) is 0 Å². The van der Waals surface area contributed by atoms with Crippen LogP contribution in [-0.4, -0.2) is 37.1 Å². The van der Waals surface area contributed by atoms with Crippen molar-refractivity contribution in [2.45, 2.75) is 51.2 Å². The number of carbonyl (C=O) groups excluding carboxylic acids is 1. The standard InChI is InChI=1S/C20H31Cl2NOS/c1-5-7-8-9-16(14-23(3)4)19(24)13-20(25-6-2)15-10-11-17(21)18(22)12-15/h10-12,16,20H,5-9,13-14H2,1-4H3/t16-,20+/m0/s1. The van der Waals surface area contributed by atoms with Crippen molar-refractivity contribution in [3.63, 3.8) is 0 Å². The molecule has 1 aromatic carbocycles.